The molecule has 1 aliphatic carbocycles. The fourth-order valence-corrected chi connectivity index (χ4v) is 5.72. The van der Waals surface area contributed by atoms with Crippen molar-refractivity contribution in [2.24, 2.45) is 11.0 Å². The van der Waals surface area contributed by atoms with Crippen LogP contribution in [-0.4, -0.2) is 43.2 Å². The second-order valence-corrected chi connectivity index (χ2v) is 10.4. The average molecular weight is 578 g/mol. The molecule has 1 aliphatic rings. The van der Waals surface area contributed by atoms with Gasteiger partial charge in [0.2, 0.25) is 0 Å². The van der Waals surface area contributed by atoms with Crippen molar-refractivity contribution in [3.63, 3.8) is 0 Å². The molecule has 0 spiro atoms. The quantitative estimate of drug-likeness (QED) is 0.123. The number of anilines is 1. The number of thiophene rings is 1. The van der Waals surface area contributed by atoms with Gasteiger partial charge in [0.1, 0.15) is 5.00 Å². The molecule has 4 rings (SSSR count). The van der Waals surface area contributed by atoms with Crippen molar-refractivity contribution in [3.8, 4) is 11.5 Å². The van der Waals surface area contributed by atoms with E-state index in [1.165, 1.54) is 17.6 Å². The predicted octanol–water partition coefficient (Wildman–Crippen LogP) is 4.76. The summed E-state index contributed by atoms with van der Waals surface area (Å²) < 4.78 is 16.3. The maximum absolute atomic E-state index is 12.7. The van der Waals surface area contributed by atoms with E-state index in [1.54, 1.807) is 62.4 Å². The van der Waals surface area contributed by atoms with Crippen LogP contribution in [0.3, 0.4) is 0 Å². The van der Waals surface area contributed by atoms with E-state index in [2.05, 4.69) is 22.8 Å². The molecule has 1 aromatic heterocycles. The molecular formula is C30H31N3O7S. The molecule has 2 amide bonds. The van der Waals surface area contributed by atoms with Gasteiger partial charge in [0.25, 0.3) is 0 Å². The standard InChI is InChI=1S/C30H31N3O7S/c1-4-38-23-16-19(12-14-22(23)40-29(36)20-9-7-6-8-10-20)17-31-33-27(35)26(34)32-28-25(30(37)39-5-2)21-13-11-18(3)15-24(21)41-28/h6-10,12,14,16-18H,4-5,11,13,15H2,1-3H3,(H,32,34)(H,33,35)/b31-17-/t18-/m1/s1. The number of carbonyl (C=O) groups excluding carboxylic acids is 4. The average Bonchev–Trinajstić information content (AvgIpc) is 3.31. The number of nitrogens with zero attached hydrogens (tertiary/aromatic N) is 1. The lowest BCUT2D eigenvalue weighted by molar-refractivity contribution is -0.136. The fourth-order valence-electron chi connectivity index (χ4n) is 4.32. The zero-order valence-corrected chi connectivity index (χ0v) is 23.8. The van der Waals surface area contributed by atoms with Gasteiger partial charge in [-0.2, -0.15) is 5.10 Å². The van der Waals surface area contributed by atoms with Gasteiger partial charge in [-0.3, -0.25) is 9.59 Å². The van der Waals surface area contributed by atoms with Crippen LogP contribution >= 0.6 is 11.3 Å². The second kappa shape index (κ2) is 13.7. The summed E-state index contributed by atoms with van der Waals surface area (Å²) in [5.74, 6) is -2.01. The molecule has 0 saturated heterocycles. The smallest absolute Gasteiger partial charge is 0.343 e. The van der Waals surface area contributed by atoms with E-state index in [4.69, 9.17) is 14.2 Å². The summed E-state index contributed by atoms with van der Waals surface area (Å²) in [7, 11) is 0. The Hall–Kier alpha value is -4.51. The van der Waals surface area contributed by atoms with Gasteiger partial charge in [-0.05, 0) is 80.5 Å². The van der Waals surface area contributed by atoms with Gasteiger partial charge in [0.15, 0.2) is 11.5 Å². The van der Waals surface area contributed by atoms with E-state index in [1.807, 2.05) is 0 Å². The van der Waals surface area contributed by atoms with Crippen LogP contribution in [0.15, 0.2) is 53.6 Å². The number of nitrogens with one attached hydrogen (secondary N) is 2. The Morgan fingerprint density at radius 3 is 2.51 bits per heavy atom. The van der Waals surface area contributed by atoms with Gasteiger partial charge in [-0.1, -0.05) is 25.1 Å². The summed E-state index contributed by atoms with van der Waals surface area (Å²) in [4.78, 5) is 51.3. The Morgan fingerprint density at radius 1 is 1.00 bits per heavy atom. The van der Waals surface area contributed by atoms with Gasteiger partial charge in [-0.25, -0.2) is 15.0 Å². The normalized spacial score (nSPS) is 14.2. The number of carbonyl (C=O) groups is 4. The van der Waals surface area contributed by atoms with Crippen molar-refractivity contribution >= 4 is 46.3 Å². The molecule has 2 aromatic carbocycles. The van der Waals surface area contributed by atoms with Crippen molar-refractivity contribution in [2.75, 3.05) is 18.5 Å². The third-order valence-electron chi connectivity index (χ3n) is 6.28. The molecule has 214 valence electrons. The zero-order chi connectivity index (χ0) is 29.4. The van der Waals surface area contributed by atoms with Gasteiger partial charge < -0.3 is 19.5 Å². The van der Waals surface area contributed by atoms with E-state index in [0.717, 1.165) is 23.3 Å². The highest BCUT2D eigenvalue weighted by molar-refractivity contribution is 7.17. The van der Waals surface area contributed by atoms with Crippen LogP contribution in [0.1, 0.15) is 63.9 Å². The lowest BCUT2D eigenvalue weighted by Crippen LogP contribution is -2.32. The first kappa shape index (κ1) is 29.5. The second-order valence-electron chi connectivity index (χ2n) is 9.32. The number of esters is 2. The Kier molecular flexibility index (Phi) is 9.86. The molecule has 0 radical (unpaired) electrons. The van der Waals surface area contributed by atoms with Crippen LogP contribution < -0.4 is 20.2 Å². The highest BCUT2D eigenvalue weighted by Crippen LogP contribution is 2.40. The first-order chi connectivity index (χ1) is 19.8. The number of hydrogen-bond acceptors (Lipinski definition) is 9. The Balaban J connectivity index is 1.42. The van der Waals surface area contributed by atoms with Crippen molar-refractivity contribution in [1.29, 1.82) is 0 Å². The molecule has 1 atom stereocenters. The van der Waals surface area contributed by atoms with E-state index in [-0.39, 0.29) is 12.4 Å². The van der Waals surface area contributed by atoms with Crippen molar-refractivity contribution in [2.45, 2.75) is 40.0 Å². The zero-order valence-electron chi connectivity index (χ0n) is 23.0. The maximum atomic E-state index is 12.7. The molecule has 2 N–H and O–H groups in total. The van der Waals surface area contributed by atoms with Crippen LogP contribution in [0, 0.1) is 5.92 Å². The van der Waals surface area contributed by atoms with Gasteiger partial charge >= 0.3 is 23.8 Å². The van der Waals surface area contributed by atoms with Crippen molar-refractivity contribution < 1.29 is 33.4 Å². The minimum Gasteiger partial charge on any atom is -0.490 e. The van der Waals surface area contributed by atoms with Gasteiger partial charge in [0, 0.05) is 4.88 Å². The molecule has 0 saturated carbocycles. The lowest BCUT2D eigenvalue weighted by atomic mass is 9.88. The fraction of sp³-hybridized carbons (Fsp3) is 0.300. The minimum absolute atomic E-state index is 0.198. The Labute approximate surface area is 241 Å². The van der Waals surface area contributed by atoms with Crippen molar-refractivity contribution in [1.82, 2.24) is 5.43 Å². The SMILES string of the molecule is CCOC(=O)c1c(NC(=O)C(=O)N/N=C\c2ccc(OC(=O)c3ccccc3)c(OCC)c2)sc2c1CC[C@@H](C)C2. The summed E-state index contributed by atoms with van der Waals surface area (Å²) in [5.41, 5.74) is 4.31. The van der Waals surface area contributed by atoms with E-state index < -0.39 is 23.8 Å². The molecule has 0 fully saturated rings. The van der Waals surface area contributed by atoms with Crippen LogP contribution in [0.5, 0.6) is 11.5 Å². The van der Waals surface area contributed by atoms with Gasteiger partial charge in [0.05, 0.1) is 30.6 Å². The first-order valence-electron chi connectivity index (χ1n) is 13.3. The number of benzene rings is 2. The molecule has 11 heteroatoms. The van der Waals surface area contributed by atoms with Crippen LogP contribution in [0.25, 0.3) is 0 Å². The summed E-state index contributed by atoms with van der Waals surface area (Å²) in [6.45, 7) is 6.17. The van der Waals surface area contributed by atoms with Crippen LogP contribution in [0.4, 0.5) is 5.00 Å². The number of hydrogen-bond donors (Lipinski definition) is 2. The van der Waals surface area contributed by atoms with Crippen LogP contribution in [0.2, 0.25) is 0 Å². The number of rotatable bonds is 9. The Morgan fingerprint density at radius 2 is 1.78 bits per heavy atom. The monoisotopic (exact) mass is 577 g/mol. The third-order valence-corrected chi connectivity index (χ3v) is 7.45. The first-order valence-corrected chi connectivity index (χ1v) is 14.1. The molecule has 3 aromatic rings. The summed E-state index contributed by atoms with van der Waals surface area (Å²) in [6, 6.07) is 13.3. The molecular weight excluding hydrogens is 546 g/mol. The maximum Gasteiger partial charge on any atom is 0.343 e. The topological polar surface area (TPSA) is 132 Å². The number of amides is 2. The lowest BCUT2D eigenvalue weighted by Gasteiger charge is -2.18. The highest BCUT2D eigenvalue weighted by Gasteiger charge is 2.30. The summed E-state index contributed by atoms with van der Waals surface area (Å²) in [6.07, 6.45) is 3.76. The molecule has 0 bridgehead atoms. The highest BCUT2D eigenvalue weighted by atomic mass is 32.1. The third kappa shape index (κ3) is 7.37. The summed E-state index contributed by atoms with van der Waals surface area (Å²) in [5, 5.41) is 6.73. The molecule has 1 heterocycles. The van der Waals surface area contributed by atoms with Crippen LogP contribution in [-0.2, 0) is 27.2 Å². The number of fused-ring (bicyclic) bond motifs is 1. The number of ether oxygens (including phenoxy) is 3. The Bertz CT molecular complexity index is 1470. The van der Waals surface area contributed by atoms with Crippen molar-refractivity contribution in [3.05, 3.63) is 75.7 Å². The van der Waals surface area contributed by atoms with Gasteiger partial charge in [-0.15, -0.1) is 11.3 Å². The number of hydrazone groups is 1. The largest absolute Gasteiger partial charge is 0.490 e. The minimum atomic E-state index is -1.01. The summed E-state index contributed by atoms with van der Waals surface area (Å²) >= 11 is 1.30. The van der Waals surface area contributed by atoms with E-state index in [9.17, 15) is 19.2 Å². The molecule has 10 nitrogen and oxygen atoms in total. The van der Waals surface area contributed by atoms with E-state index in [0.29, 0.717) is 46.4 Å². The molecule has 41 heavy (non-hydrogen) atoms. The van der Waals surface area contributed by atoms with E-state index >= 15 is 0 Å². The molecule has 0 aliphatic heterocycles. The molecule has 0 unspecified atom stereocenters. The predicted molar refractivity (Wildman–Crippen MR) is 155 cm³/mol.